The molecule has 3 nitrogen and oxygen atoms in total. The number of unbranched alkanes of at least 4 members (excludes halogenated alkanes) is 4. The first-order valence-electron chi connectivity index (χ1n) is 8.98. The fraction of sp³-hybridized carbons (Fsp3) is 0.632. The zero-order valence-corrected chi connectivity index (χ0v) is 14.7. The van der Waals surface area contributed by atoms with Crippen LogP contribution < -0.4 is 5.32 Å². The van der Waals surface area contributed by atoms with Gasteiger partial charge in [0.05, 0.1) is 11.5 Å². The highest BCUT2D eigenvalue weighted by Gasteiger charge is 2.37. The molecule has 0 radical (unpaired) electrons. The molecule has 1 aromatic rings. The summed E-state index contributed by atoms with van der Waals surface area (Å²) in [6.45, 7) is 2.64. The van der Waals surface area contributed by atoms with Crippen LogP contribution in [0, 0.1) is 5.92 Å². The van der Waals surface area contributed by atoms with Gasteiger partial charge in [0.2, 0.25) is 0 Å². The smallest absolute Gasteiger partial charge is 0.391 e. The van der Waals surface area contributed by atoms with E-state index in [1.807, 2.05) is 6.92 Å². The molecule has 0 spiro atoms. The number of carboxylic acids is 1. The number of nitrogens with one attached hydrogen (secondary N) is 1. The highest BCUT2D eigenvalue weighted by molar-refractivity contribution is 5.87. The molecule has 0 bridgehead atoms. The van der Waals surface area contributed by atoms with Crippen molar-refractivity contribution in [2.24, 2.45) is 5.92 Å². The SMILES string of the molecule is CCCCC(CCCCCCNc1ccc(C(=O)O)cc1)C(F)(F)F. The number of hydrogen-bond donors (Lipinski definition) is 2. The lowest BCUT2D eigenvalue weighted by Gasteiger charge is -2.19. The van der Waals surface area contributed by atoms with Crippen LogP contribution in [0.25, 0.3) is 0 Å². The molecular weight excluding hydrogens is 331 g/mol. The lowest BCUT2D eigenvalue weighted by atomic mass is 9.95. The van der Waals surface area contributed by atoms with Gasteiger partial charge in [-0.2, -0.15) is 13.2 Å². The fourth-order valence-electron chi connectivity index (χ4n) is 2.75. The van der Waals surface area contributed by atoms with Crippen molar-refractivity contribution in [3.05, 3.63) is 29.8 Å². The molecule has 1 atom stereocenters. The summed E-state index contributed by atoms with van der Waals surface area (Å²) in [6.07, 6.45) is 1.02. The molecule has 0 aromatic heterocycles. The topological polar surface area (TPSA) is 49.3 Å². The molecule has 1 aromatic carbocycles. The van der Waals surface area contributed by atoms with Gasteiger partial charge in [-0.05, 0) is 43.5 Å². The summed E-state index contributed by atoms with van der Waals surface area (Å²) in [6, 6.07) is 6.51. The van der Waals surface area contributed by atoms with Crippen molar-refractivity contribution in [2.45, 2.75) is 64.5 Å². The normalized spacial score (nSPS) is 12.8. The van der Waals surface area contributed by atoms with Crippen LogP contribution in [0.2, 0.25) is 0 Å². The highest BCUT2D eigenvalue weighted by atomic mass is 19.4. The van der Waals surface area contributed by atoms with Gasteiger partial charge in [0.15, 0.2) is 0 Å². The predicted octanol–water partition coefficient (Wildman–Crippen LogP) is 6.12. The molecule has 6 heteroatoms. The molecule has 1 rings (SSSR count). The molecular formula is C19H28F3NO2. The summed E-state index contributed by atoms with van der Waals surface area (Å²) in [7, 11) is 0. The maximum absolute atomic E-state index is 12.9. The van der Waals surface area contributed by atoms with Gasteiger partial charge in [0.1, 0.15) is 0 Å². The van der Waals surface area contributed by atoms with Gasteiger partial charge in [-0.25, -0.2) is 4.79 Å². The van der Waals surface area contributed by atoms with Crippen molar-refractivity contribution in [1.29, 1.82) is 0 Å². The minimum Gasteiger partial charge on any atom is -0.478 e. The molecule has 2 N–H and O–H groups in total. The predicted molar refractivity (Wildman–Crippen MR) is 94.0 cm³/mol. The number of halogens is 3. The van der Waals surface area contributed by atoms with Crippen LogP contribution in [0.5, 0.6) is 0 Å². The van der Waals surface area contributed by atoms with Crippen LogP contribution in [-0.2, 0) is 0 Å². The Labute approximate surface area is 147 Å². The third kappa shape index (κ3) is 8.79. The van der Waals surface area contributed by atoms with Crippen LogP contribution in [0.4, 0.5) is 18.9 Å². The third-order valence-corrected chi connectivity index (χ3v) is 4.31. The van der Waals surface area contributed by atoms with Gasteiger partial charge in [-0.1, -0.05) is 39.0 Å². The number of aromatic carboxylic acids is 1. The minimum atomic E-state index is -4.07. The van der Waals surface area contributed by atoms with Gasteiger partial charge in [-0.3, -0.25) is 0 Å². The van der Waals surface area contributed by atoms with Gasteiger partial charge in [-0.15, -0.1) is 0 Å². The quantitative estimate of drug-likeness (QED) is 0.442. The summed E-state index contributed by atoms with van der Waals surface area (Å²) >= 11 is 0. The van der Waals surface area contributed by atoms with Crippen LogP contribution >= 0.6 is 0 Å². The summed E-state index contributed by atoms with van der Waals surface area (Å²) in [5.74, 6) is -2.11. The number of carboxylic acid groups (broad SMARTS) is 1. The van der Waals surface area contributed by atoms with E-state index >= 15 is 0 Å². The molecule has 0 fully saturated rings. The van der Waals surface area contributed by atoms with Gasteiger partial charge < -0.3 is 10.4 Å². The number of hydrogen-bond acceptors (Lipinski definition) is 2. The van der Waals surface area contributed by atoms with Crippen molar-refractivity contribution >= 4 is 11.7 Å². The number of anilines is 1. The molecule has 0 saturated carbocycles. The van der Waals surface area contributed by atoms with E-state index in [1.165, 1.54) is 12.1 Å². The van der Waals surface area contributed by atoms with E-state index in [0.717, 1.165) is 37.9 Å². The second-order valence-corrected chi connectivity index (χ2v) is 6.39. The van der Waals surface area contributed by atoms with Gasteiger partial charge >= 0.3 is 12.1 Å². The Morgan fingerprint density at radius 3 is 2.20 bits per heavy atom. The number of alkyl halides is 3. The lowest BCUT2D eigenvalue weighted by Crippen LogP contribution is -2.22. The molecule has 0 amide bonds. The Balaban J connectivity index is 2.15. The van der Waals surface area contributed by atoms with Crippen molar-refractivity contribution < 1.29 is 23.1 Å². The van der Waals surface area contributed by atoms with Crippen molar-refractivity contribution in [1.82, 2.24) is 0 Å². The van der Waals surface area contributed by atoms with Crippen molar-refractivity contribution in [3.63, 3.8) is 0 Å². The summed E-state index contributed by atoms with van der Waals surface area (Å²) in [5, 5.41) is 12.0. The molecule has 0 heterocycles. The second-order valence-electron chi connectivity index (χ2n) is 6.39. The Hall–Kier alpha value is -1.72. The Morgan fingerprint density at radius 1 is 1.04 bits per heavy atom. The van der Waals surface area contributed by atoms with E-state index in [-0.39, 0.29) is 18.4 Å². The monoisotopic (exact) mass is 359 g/mol. The van der Waals surface area contributed by atoms with Crippen LogP contribution in [-0.4, -0.2) is 23.8 Å². The average molecular weight is 359 g/mol. The maximum Gasteiger partial charge on any atom is 0.391 e. The molecule has 0 saturated heterocycles. The van der Waals surface area contributed by atoms with E-state index in [4.69, 9.17) is 5.11 Å². The van der Waals surface area contributed by atoms with Crippen molar-refractivity contribution in [2.75, 3.05) is 11.9 Å². The standard InChI is InChI=1S/C19H28F3NO2/c1-2-3-8-16(19(20,21)22)9-6-4-5-7-14-23-17-12-10-15(11-13-17)18(24)25/h10-13,16,23H,2-9,14H2,1H3,(H,24,25). The van der Waals surface area contributed by atoms with E-state index in [2.05, 4.69) is 5.32 Å². The molecule has 0 aliphatic carbocycles. The first-order valence-corrected chi connectivity index (χ1v) is 8.98. The largest absolute Gasteiger partial charge is 0.478 e. The molecule has 0 aliphatic rings. The molecule has 142 valence electrons. The average Bonchev–Trinajstić information content (AvgIpc) is 2.55. The first kappa shape index (κ1) is 21.3. The van der Waals surface area contributed by atoms with E-state index in [9.17, 15) is 18.0 Å². The number of rotatable bonds is 12. The number of benzene rings is 1. The summed E-state index contributed by atoms with van der Waals surface area (Å²) in [4.78, 5) is 10.8. The lowest BCUT2D eigenvalue weighted by molar-refractivity contribution is -0.178. The summed E-state index contributed by atoms with van der Waals surface area (Å²) in [5.41, 5.74) is 1.09. The zero-order chi connectivity index (χ0) is 18.7. The maximum atomic E-state index is 12.9. The Morgan fingerprint density at radius 2 is 1.64 bits per heavy atom. The second kappa shape index (κ2) is 11.0. The van der Waals surface area contributed by atoms with Crippen LogP contribution in [0.15, 0.2) is 24.3 Å². The molecule has 25 heavy (non-hydrogen) atoms. The number of carbonyl (C=O) groups is 1. The molecule has 0 aliphatic heterocycles. The Bertz CT molecular complexity index is 500. The van der Waals surface area contributed by atoms with Crippen LogP contribution in [0.3, 0.4) is 0 Å². The first-order chi connectivity index (χ1) is 11.8. The molecule has 1 unspecified atom stereocenters. The van der Waals surface area contributed by atoms with E-state index < -0.39 is 18.1 Å². The Kier molecular flexibility index (Phi) is 9.39. The minimum absolute atomic E-state index is 0.230. The van der Waals surface area contributed by atoms with Gasteiger partial charge in [0.25, 0.3) is 0 Å². The fourth-order valence-corrected chi connectivity index (χ4v) is 2.75. The van der Waals surface area contributed by atoms with E-state index in [0.29, 0.717) is 12.8 Å². The van der Waals surface area contributed by atoms with Gasteiger partial charge in [0, 0.05) is 12.2 Å². The summed E-state index contributed by atoms with van der Waals surface area (Å²) < 4.78 is 38.7. The third-order valence-electron chi connectivity index (χ3n) is 4.31. The van der Waals surface area contributed by atoms with Crippen molar-refractivity contribution in [3.8, 4) is 0 Å². The zero-order valence-electron chi connectivity index (χ0n) is 14.7. The highest BCUT2D eigenvalue weighted by Crippen LogP contribution is 2.34. The van der Waals surface area contributed by atoms with Crippen LogP contribution in [0.1, 0.15) is 68.6 Å². The van der Waals surface area contributed by atoms with E-state index in [1.54, 1.807) is 12.1 Å².